The lowest BCUT2D eigenvalue weighted by molar-refractivity contribution is -0.155. The van der Waals surface area contributed by atoms with Crippen molar-refractivity contribution in [2.45, 2.75) is 104 Å². The molecule has 4 atom stereocenters. The number of hydrogen-bond acceptors (Lipinski definition) is 12. The highest BCUT2D eigenvalue weighted by Gasteiger charge is 2.39. The van der Waals surface area contributed by atoms with Crippen molar-refractivity contribution in [2.75, 3.05) is 47.4 Å². The molecule has 15 nitrogen and oxygen atoms in total. The molecule has 0 saturated carbocycles. The molecular formula is C45H60N8O7S. The van der Waals surface area contributed by atoms with Gasteiger partial charge >= 0.3 is 12.1 Å². The van der Waals surface area contributed by atoms with Gasteiger partial charge in [0.2, 0.25) is 5.91 Å². The van der Waals surface area contributed by atoms with Crippen LogP contribution in [0, 0.1) is 11.3 Å². The highest BCUT2D eigenvalue weighted by atomic mass is 32.1. The number of amides is 3. The van der Waals surface area contributed by atoms with E-state index in [1.165, 1.54) is 21.2 Å². The number of likely N-dealkylation sites (N-methyl/N-ethyl adjacent to an activating group) is 2. The Labute approximate surface area is 362 Å². The summed E-state index contributed by atoms with van der Waals surface area (Å²) in [5.74, 6) is -1.64. The molecule has 0 aliphatic carbocycles. The summed E-state index contributed by atoms with van der Waals surface area (Å²) in [4.78, 5) is 68.9. The summed E-state index contributed by atoms with van der Waals surface area (Å²) in [6.07, 6.45) is 2.42. The lowest BCUT2D eigenvalue weighted by Gasteiger charge is -2.38. The van der Waals surface area contributed by atoms with Gasteiger partial charge in [0.1, 0.15) is 24.2 Å². The van der Waals surface area contributed by atoms with E-state index >= 15 is 0 Å². The highest BCUT2D eigenvalue weighted by molar-refractivity contribution is 7.10. The van der Waals surface area contributed by atoms with Crippen molar-refractivity contribution < 1.29 is 33.4 Å². The molecule has 1 unspecified atom stereocenters. The van der Waals surface area contributed by atoms with Crippen LogP contribution in [0.5, 0.6) is 0 Å². The van der Waals surface area contributed by atoms with Crippen LogP contribution in [0.15, 0.2) is 41.9 Å². The van der Waals surface area contributed by atoms with E-state index in [0.29, 0.717) is 50.4 Å². The Hall–Kier alpha value is -4.90. The van der Waals surface area contributed by atoms with Crippen molar-refractivity contribution in [3.63, 3.8) is 0 Å². The number of hydrazine groups is 1. The Balaban J connectivity index is 1.28. The second kappa shape index (κ2) is 18.2. The van der Waals surface area contributed by atoms with Crippen LogP contribution < -0.4 is 10.7 Å². The van der Waals surface area contributed by atoms with Crippen LogP contribution in [0.1, 0.15) is 76.8 Å². The maximum atomic E-state index is 14.5. The number of carbonyl (C=O) groups is 4. The molecule has 61 heavy (non-hydrogen) atoms. The number of nitrogens with zero attached hydrogens (tertiary/aromatic N) is 6. The van der Waals surface area contributed by atoms with E-state index in [4.69, 9.17) is 24.2 Å². The Morgan fingerprint density at radius 1 is 1.16 bits per heavy atom. The van der Waals surface area contributed by atoms with Crippen LogP contribution >= 0.6 is 11.3 Å². The fourth-order valence-corrected chi connectivity index (χ4v) is 9.65. The van der Waals surface area contributed by atoms with E-state index < -0.39 is 47.4 Å². The molecule has 1 aromatic carbocycles. The Kier molecular flexibility index (Phi) is 13.2. The Morgan fingerprint density at radius 3 is 2.64 bits per heavy atom. The topological polar surface area (TPSA) is 160 Å². The zero-order chi connectivity index (χ0) is 43.7. The van der Waals surface area contributed by atoms with Gasteiger partial charge in [-0.2, -0.15) is 0 Å². The van der Waals surface area contributed by atoms with Crippen molar-refractivity contribution in [1.29, 1.82) is 0 Å². The van der Waals surface area contributed by atoms with Crippen LogP contribution in [-0.2, 0) is 48.0 Å². The number of nitrogens with one attached hydrogen (secondary N) is 2. The molecule has 3 amide bonds. The van der Waals surface area contributed by atoms with Crippen molar-refractivity contribution in [1.82, 2.24) is 40.1 Å². The van der Waals surface area contributed by atoms with E-state index in [2.05, 4.69) is 60.3 Å². The van der Waals surface area contributed by atoms with Crippen molar-refractivity contribution in [3.8, 4) is 22.5 Å². The molecule has 6 bridgehead atoms. The first-order valence-corrected chi connectivity index (χ1v) is 22.2. The number of aromatic nitrogens is 3. The van der Waals surface area contributed by atoms with Gasteiger partial charge in [-0.25, -0.2) is 15.2 Å². The molecule has 0 spiro atoms. The highest BCUT2D eigenvalue weighted by Crippen LogP contribution is 2.42. The minimum atomic E-state index is -1.06. The zero-order valence-electron chi connectivity index (χ0n) is 36.8. The summed E-state index contributed by atoms with van der Waals surface area (Å²) >= 11 is 1.41. The predicted molar refractivity (Wildman–Crippen MR) is 233 cm³/mol. The third kappa shape index (κ3) is 9.32. The normalized spacial score (nSPS) is 21.0. The van der Waals surface area contributed by atoms with E-state index in [1.54, 1.807) is 20.4 Å². The summed E-state index contributed by atoms with van der Waals surface area (Å²) in [5, 5.41) is 8.10. The molecule has 328 valence electrons. The molecule has 3 aliphatic heterocycles. The number of methoxy groups -OCH3 is 1. The van der Waals surface area contributed by atoms with Crippen LogP contribution in [0.25, 0.3) is 33.4 Å². The largest absolute Gasteiger partial charge is 0.464 e. The predicted octanol–water partition coefficient (Wildman–Crippen LogP) is 5.61. The smallest absolute Gasteiger partial charge is 0.410 e. The molecule has 3 aromatic heterocycles. The summed E-state index contributed by atoms with van der Waals surface area (Å²) in [5.41, 5.74) is 9.33. The summed E-state index contributed by atoms with van der Waals surface area (Å²) in [6, 6.07) is 7.68. The first kappa shape index (κ1) is 44.2. The molecule has 3 aliphatic rings. The summed E-state index contributed by atoms with van der Waals surface area (Å²) in [6.45, 7) is 14.5. The van der Waals surface area contributed by atoms with Gasteiger partial charge < -0.3 is 24.1 Å². The van der Waals surface area contributed by atoms with E-state index in [1.807, 2.05) is 44.2 Å². The third-order valence-corrected chi connectivity index (χ3v) is 12.9. The number of esters is 1. The molecule has 0 radical (unpaired) electrons. The van der Waals surface area contributed by atoms with Gasteiger partial charge in [0, 0.05) is 85.8 Å². The molecule has 16 heteroatoms. The number of cyclic esters (lactones) is 1. The standard InChI is InChI=1S/C45H60N8O7S/c1-10-52-36-16-15-28-19-31(36)32(40(52)30-13-11-17-46-38(30)27(4)58-9)21-45(5,6)25-59-43(56)33-14-12-18-53(49-33)42(55)34(20-37-47-35(28)24-61-37)48-41(54)39(26(2)3)51(8)44(57)60-29-22-50(7)23-29/h11,13,15-17,19,24,26-27,29,33-34,39,49H,10,12,14,18,20-23,25H2,1-9H3,(H,48,54)/t27-,33-,34-,39?/m0/s1. The number of pyridine rings is 1. The number of benzene rings is 1. The quantitative estimate of drug-likeness (QED) is 0.202. The monoisotopic (exact) mass is 856 g/mol. The van der Waals surface area contributed by atoms with Crippen molar-refractivity contribution in [2.24, 2.45) is 11.3 Å². The molecule has 7 rings (SSSR count). The number of hydrogen-bond donors (Lipinski definition) is 2. The first-order valence-electron chi connectivity index (χ1n) is 21.3. The van der Waals surface area contributed by atoms with Gasteiger partial charge in [0.15, 0.2) is 0 Å². The van der Waals surface area contributed by atoms with Crippen molar-refractivity contribution >= 4 is 46.1 Å². The fraction of sp³-hybridized carbons (Fsp3) is 0.556. The maximum absolute atomic E-state index is 14.5. The van der Waals surface area contributed by atoms with E-state index in [9.17, 15) is 19.2 Å². The molecule has 4 aromatic rings. The number of thiazole rings is 1. The number of ether oxygens (including phenoxy) is 3. The SMILES string of the molecule is CCn1c(-c2cccnc2[C@H](C)OC)c2c3cc(ccc31)-c1csc(n1)C[C@H](NC(=O)C(C(C)C)N(C)C(=O)OC1CN(C)C1)C(=O)N1CCC[C@H](N1)C(=O)OCC(C)(C)C2. The second-order valence-corrected chi connectivity index (χ2v) is 18.7. The molecule has 6 heterocycles. The second-order valence-electron chi connectivity index (χ2n) is 17.8. The zero-order valence-corrected chi connectivity index (χ0v) is 37.6. The number of rotatable bonds is 9. The third-order valence-electron chi connectivity index (χ3n) is 12.1. The summed E-state index contributed by atoms with van der Waals surface area (Å²) < 4.78 is 19.9. The average Bonchev–Trinajstić information content (AvgIpc) is 3.82. The molecular weight excluding hydrogens is 797 g/mol. The molecule has 2 fully saturated rings. The summed E-state index contributed by atoms with van der Waals surface area (Å²) in [7, 11) is 5.18. The van der Waals surface area contributed by atoms with Gasteiger partial charge in [0.05, 0.1) is 34.8 Å². The Morgan fingerprint density at radius 2 is 1.93 bits per heavy atom. The fourth-order valence-electron chi connectivity index (χ4n) is 8.80. The van der Waals surface area contributed by atoms with Gasteiger partial charge in [-0.15, -0.1) is 11.3 Å². The Bertz CT molecular complexity index is 2270. The van der Waals surface area contributed by atoms with Gasteiger partial charge in [-0.05, 0) is 75.9 Å². The lowest BCUT2D eigenvalue weighted by atomic mass is 9.84. The number of aryl methyl sites for hydroxylation is 1. The number of carbonyl (C=O) groups excluding carboxylic acids is 4. The van der Waals surface area contributed by atoms with Crippen LogP contribution in [0.4, 0.5) is 4.79 Å². The maximum Gasteiger partial charge on any atom is 0.410 e. The van der Waals surface area contributed by atoms with Crippen molar-refractivity contribution in [3.05, 3.63) is 58.2 Å². The minimum Gasteiger partial charge on any atom is -0.464 e. The van der Waals surface area contributed by atoms with Gasteiger partial charge in [-0.1, -0.05) is 33.8 Å². The minimum absolute atomic E-state index is 0.0927. The average molecular weight is 857 g/mol. The van der Waals surface area contributed by atoms with Crippen LogP contribution in [0.2, 0.25) is 0 Å². The van der Waals surface area contributed by atoms with Crippen LogP contribution in [-0.4, -0.2) is 125 Å². The van der Waals surface area contributed by atoms with Gasteiger partial charge in [-0.3, -0.25) is 34.2 Å². The number of fused-ring (bicyclic) bond motifs is 6. The molecule has 2 N–H and O–H groups in total. The lowest BCUT2D eigenvalue weighted by Crippen LogP contribution is -2.62. The number of likely N-dealkylation sites (tertiary alicyclic amines) is 1. The van der Waals surface area contributed by atoms with E-state index in [0.717, 1.165) is 44.7 Å². The molecule has 2 saturated heterocycles. The van der Waals surface area contributed by atoms with Crippen LogP contribution in [0.3, 0.4) is 0 Å². The van der Waals surface area contributed by atoms with E-state index in [-0.39, 0.29) is 31.2 Å². The van der Waals surface area contributed by atoms with Gasteiger partial charge in [0.25, 0.3) is 5.91 Å². The first-order chi connectivity index (χ1) is 29.1.